The number of nitrogens with one attached hydrogen (secondary N) is 1. The van der Waals surface area contributed by atoms with Gasteiger partial charge >= 0.3 is 5.97 Å². The molecule has 3 rings (SSSR count). The number of hydrogen-bond acceptors (Lipinski definition) is 5. The van der Waals surface area contributed by atoms with Crippen LogP contribution in [0.3, 0.4) is 0 Å². The van der Waals surface area contributed by atoms with E-state index < -0.39 is 11.3 Å². The molecule has 2 atom stereocenters. The summed E-state index contributed by atoms with van der Waals surface area (Å²) in [6.07, 6.45) is 0.877. The Bertz CT molecular complexity index is 790. The molecule has 1 amide bonds. The second kappa shape index (κ2) is 8.22. The monoisotopic (exact) mass is 369 g/mol. The summed E-state index contributed by atoms with van der Waals surface area (Å²) in [5.41, 5.74) is 3.51. The number of benzene rings is 2. The van der Waals surface area contributed by atoms with Crippen LogP contribution in [-0.2, 0) is 32.2 Å². The number of amides is 1. The molecular formula is C21H23NO5. The maximum Gasteiger partial charge on any atom is 0.312 e. The summed E-state index contributed by atoms with van der Waals surface area (Å²) in [6.45, 7) is 0.492. The fourth-order valence-corrected chi connectivity index (χ4v) is 3.33. The minimum atomic E-state index is -0.830. The number of ether oxygens (including phenoxy) is 2. The highest BCUT2D eigenvalue weighted by Gasteiger charge is 2.64. The Morgan fingerprint density at radius 3 is 2.37 bits per heavy atom. The molecule has 0 aromatic heterocycles. The molecule has 1 N–H and O–H groups in total. The van der Waals surface area contributed by atoms with Crippen LogP contribution in [0.2, 0.25) is 0 Å². The van der Waals surface area contributed by atoms with E-state index in [4.69, 9.17) is 9.47 Å². The van der Waals surface area contributed by atoms with Gasteiger partial charge in [0.15, 0.2) is 0 Å². The predicted molar refractivity (Wildman–Crippen MR) is 98.6 cm³/mol. The molecule has 2 aromatic rings. The van der Waals surface area contributed by atoms with E-state index in [9.17, 15) is 9.59 Å². The zero-order chi connectivity index (χ0) is 19.3. The first kappa shape index (κ1) is 18.9. The van der Waals surface area contributed by atoms with Gasteiger partial charge in [-0.3, -0.25) is 14.4 Å². The molecule has 1 saturated carbocycles. The fraction of sp³-hybridized carbons (Fsp3) is 0.333. The zero-order valence-corrected chi connectivity index (χ0v) is 15.4. The van der Waals surface area contributed by atoms with Crippen molar-refractivity contribution in [2.45, 2.75) is 19.4 Å². The highest BCUT2D eigenvalue weighted by atomic mass is 16.6. The van der Waals surface area contributed by atoms with Crippen molar-refractivity contribution in [1.29, 1.82) is 0 Å². The largest absolute Gasteiger partial charge is 0.489 e. The summed E-state index contributed by atoms with van der Waals surface area (Å²) in [5.74, 6) is -0.369. The summed E-state index contributed by atoms with van der Waals surface area (Å²) in [5, 5.41) is 0. The zero-order valence-electron chi connectivity index (χ0n) is 15.4. The summed E-state index contributed by atoms with van der Waals surface area (Å²) in [4.78, 5) is 29.0. The van der Waals surface area contributed by atoms with Crippen LogP contribution < -0.4 is 10.2 Å². The molecule has 0 spiro atoms. The molecule has 0 bridgehead atoms. The highest BCUT2D eigenvalue weighted by Crippen LogP contribution is 2.55. The quantitative estimate of drug-likeness (QED) is 0.572. The first-order valence-electron chi connectivity index (χ1n) is 8.76. The molecule has 6 heteroatoms. The number of methoxy groups -OCH3 is 1. The van der Waals surface area contributed by atoms with Crippen molar-refractivity contribution >= 4 is 11.9 Å². The Balaban J connectivity index is 1.64. The standard InChI is InChI=1S/C21H23NO5/c1-25-20(24)21(13-18(21)19(23)22-26-2)12-15-8-10-17(11-9-15)27-14-16-6-4-3-5-7-16/h3-11,18H,12-14H2,1-2H3,(H,22,23). The molecule has 6 nitrogen and oxygen atoms in total. The molecule has 0 aliphatic heterocycles. The molecule has 2 unspecified atom stereocenters. The number of hydrogen-bond donors (Lipinski definition) is 1. The Morgan fingerprint density at radius 2 is 1.74 bits per heavy atom. The Labute approximate surface area is 158 Å². The van der Waals surface area contributed by atoms with Crippen molar-refractivity contribution in [2.75, 3.05) is 14.2 Å². The van der Waals surface area contributed by atoms with Crippen molar-refractivity contribution in [2.24, 2.45) is 11.3 Å². The van der Waals surface area contributed by atoms with E-state index in [2.05, 4.69) is 10.3 Å². The molecule has 27 heavy (non-hydrogen) atoms. The van der Waals surface area contributed by atoms with Gasteiger partial charge in [-0.25, -0.2) is 5.48 Å². The lowest BCUT2D eigenvalue weighted by atomic mass is 9.93. The molecule has 142 valence electrons. The van der Waals surface area contributed by atoms with E-state index in [1.165, 1.54) is 14.2 Å². The van der Waals surface area contributed by atoms with Gasteiger partial charge in [-0.15, -0.1) is 0 Å². The van der Waals surface area contributed by atoms with Gasteiger partial charge in [-0.05, 0) is 36.1 Å². The van der Waals surface area contributed by atoms with Crippen LogP contribution in [0.25, 0.3) is 0 Å². The van der Waals surface area contributed by atoms with Gasteiger partial charge in [-0.2, -0.15) is 0 Å². The van der Waals surface area contributed by atoms with Crippen LogP contribution >= 0.6 is 0 Å². The van der Waals surface area contributed by atoms with E-state index in [-0.39, 0.29) is 11.9 Å². The topological polar surface area (TPSA) is 73.9 Å². The first-order chi connectivity index (χ1) is 13.1. The van der Waals surface area contributed by atoms with Crippen LogP contribution in [0.15, 0.2) is 54.6 Å². The van der Waals surface area contributed by atoms with Crippen LogP contribution in [0.1, 0.15) is 17.5 Å². The van der Waals surface area contributed by atoms with Crippen molar-refractivity contribution < 1.29 is 23.9 Å². The van der Waals surface area contributed by atoms with Crippen LogP contribution in [0.4, 0.5) is 0 Å². The van der Waals surface area contributed by atoms with E-state index in [0.717, 1.165) is 16.9 Å². The van der Waals surface area contributed by atoms with E-state index in [0.29, 0.717) is 19.4 Å². The molecule has 0 heterocycles. The van der Waals surface area contributed by atoms with Gasteiger partial charge in [0.1, 0.15) is 12.4 Å². The molecular weight excluding hydrogens is 346 g/mol. The maximum absolute atomic E-state index is 12.3. The van der Waals surface area contributed by atoms with Gasteiger partial charge in [0.2, 0.25) is 5.91 Å². The number of rotatable bonds is 8. The van der Waals surface area contributed by atoms with Gasteiger partial charge in [0, 0.05) is 0 Å². The normalized spacial score (nSPS) is 20.6. The number of carbonyl (C=O) groups excluding carboxylic acids is 2. The summed E-state index contributed by atoms with van der Waals surface area (Å²) < 4.78 is 10.7. The lowest BCUT2D eigenvalue weighted by Crippen LogP contribution is -2.31. The van der Waals surface area contributed by atoms with Crippen molar-refractivity contribution in [3.63, 3.8) is 0 Å². The highest BCUT2D eigenvalue weighted by molar-refractivity contribution is 5.93. The van der Waals surface area contributed by atoms with Crippen LogP contribution in [-0.4, -0.2) is 26.1 Å². The molecule has 1 fully saturated rings. The smallest absolute Gasteiger partial charge is 0.312 e. The fourth-order valence-electron chi connectivity index (χ4n) is 3.33. The Morgan fingerprint density at radius 1 is 1.04 bits per heavy atom. The summed E-state index contributed by atoms with van der Waals surface area (Å²) in [7, 11) is 2.71. The van der Waals surface area contributed by atoms with Crippen LogP contribution in [0.5, 0.6) is 5.75 Å². The molecule has 0 radical (unpaired) electrons. The molecule has 2 aromatic carbocycles. The van der Waals surface area contributed by atoms with E-state index in [1.807, 2.05) is 54.6 Å². The Kier molecular flexibility index (Phi) is 5.76. The van der Waals surface area contributed by atoms with Crippen molar-refractivity contribution in [3.8, 4) is 5.75 Å². The molecule has 0 saturated heterocycles. The number of esters is 1. The minimum absolute atomic E-state index is 0.300. The predicted octanol–water partition coefficient (Wildman–Crippen LogP) is 2.67. The summed E-state index contributed by atoms with van der Waals surface area (Å²) >= 11 is 0. The second-order valence-electron chi connectivity index (χ2n) is 6.67. The maximum atomic E-state index is 12.3. The van der Waals surface area contributed by atoms with Gasteiger partial charge in [-0.1, -0.05) is 42.5 Å². The van der Waals surface area contributed by atoms with Gasteiger partial charge < -0.3 is 9.47 Å². The van der Waals surface area contributed by atoms with Crippen molar-refractivity contribution in [3.05, 3.63) is 65.7 Å². The number of hydroxylamine groups is 1. The van der Waals surface area contributed by atoms with E-state index >= 15 is 0 Å². The molecule has 1 aliphatic carbocycles. The van der Waals surface area contributed by atoms with Crippen LogP contribution in [0, 0.1) is 11.3 Å². The number of carbonyl (C=O) groups is 2. The third-order valence-electron chi connectivity index (χ3n) is 4.88. The Hall–Kier alpha value is -2.86. The SMILES string of the molecule is CONC(=O)C1CC1(Cc1ccc(OCc2ccccc2)cc1)C(=O)OC. The average molecular weight is 369 g/mol. The van der Waals surface area contributed by atoms with Crippen molar-refractivity contribution in [1.82, 2.24) is 5.48 Å². The van der Waals surface area contributed by atoms with Gasteiger partial charge in [0.05, 0.1) is 25.6 Å². The third-order valence-corrected chi connectivity index (χ3v) is 4.88. The molecule has 1 aliphatic rings. The third kappa shape index (κ3) is 4.28. The lowest BCUT2D eigenvalue weighted by molar-refractivity contribution is -0.150. The summed E-state index contributed by atoms with van der Waals surface area (Å²) in [6, 6.07) is 17.5. The first-order valence-corrected chi connectivity index (χ1v) is 8.76. The second-order valence-corrected chi connectivity index (χ2v) is 6.67. The average Bonchev–Trinajstić information content (AvgIpc) is 3.43. The van der Waals surface area contributed by atoms with Gasteiger partial charge in [0.25, 0.3) is 0 Å². The lowest BCUT2D eigenvalue weighted by Gasteiger charge is -2.15. The van der Waals surface area contributed by atoms with E-state index in [1.54, 1.807) is 0 Å². The minimum Gasteiger partial charge on any atom is -0.489 e.